The van der Waals surface area contributed by atoms with Crippen molar-refractivity contribution in [2.75, 3.05) is 13.1 Å². The van der Waals surface area contributed by atoms with Gasteiger partial charge in [-0.1, -0.05) is 13.8 Å². The molecule has 1 unspecified atom stereocenters. The molecule has 3 nitrogen and oxygen atoms in total. The lowest BCUT2D eigenvalue weighted by Crippen LogP contribution is -2.64. The summed E-state index contributed by atoms with van der Waals surface area (Å²) in [6, 6.07) is 0.710. The molecule has 20 heavy (non-hydrogen) atoms. The summed E-state index contributed by atoms with van der Waals surface area (Å²) >= 11 is 1.82. The first-order chi connectivity index (χ1) is 9.66. The van der Waals surface area contributed by atoms with E-state index < -0.39 is 0 Å². The fraction of sp³-hybridized carbons (Fsp3) is 0.812. The molecule has 0 radical (unpaired) electrons. The maximum absolute atomic E-state index is 4.68. The summed E-state index contributed by atoms with van der Waals surface area (Å²) in [7, 11) is 0. The molecule has 2 aliphatic rings. The van der Waals surface area contributed by atoms with E-state index in [0.29, 0.717) is 11.6 Å². The minimum atomic E-state index is 0.324. The Kier molecular flexibility index (Phi) is 4.16. The van der Waals surface area contributed by atoms with Gasteiger partial charge < -0.3 is 5.32 Å². The molecule has 0 aromatic carbocycles. The number of hydrogen-bond donors (Lipinski definition) is 1. The van der Waals surface area contributed by atoms with Crippen LogP contribution in [0.1, 0.15) is 50.2 Å². The molecule has 1 atom stereocenters. The molecule has 0 spiro atoms. The average molecular weight is 293 g/mol. The van der Waals surface area contributed by atoms with E-state index in [2.05, 4.69) is 41.4 Å². The van der Waals surface area contributed by atoms with E-state index in [1.54, 1.807) is 0 Å². The molecule has 1 saturated carbocycles. The minimum Gasteiger partial charge on any atom is -0.311 e. The van der Waals surface area contributed by atoms with Gasteiger partial charge in [0, 0.05) is 35.7 Å². The van der Waals surface area contributed by atoms with E-state index >= 15 is 0 Å². The predicted molar refractivity (Wildman–Crippen MR) is 85.1 cm³/mol. The topological polar surface area (TPSA) is 28.2 Å². The van der Waals surface area contributed by atoms with Crippen LogP contribution in [0.25, 0.3) is 0 Å². The average Bonchev–Trinajstić information content (AvgIpc) is 3.23. The van der Waals surface area contributed by atoms with Gasteiger partial charge in [-0.15, -0.1) is 11.3 Å². The Hall–Kier alpha value is -0.450. The van der Waals surface area contributed by atoms with E-state index in [-0.39, 0.29) is 0 Å². The van der Waals surface area contributed by atoms with Crippen LogP contribution in [0.3, 0.4) is 0 Å². The molecule has 0 amide bonds. The summed E-state index contributed by atoms with van der Waals surface area (Å²) in [4.78, 5) is 7.41. The number of nitrogens with one attached hydrogen (secondary N) is 1. The zero-order chi connectivity index (χ0) is 14.2. The second-order valence-corrected chi connectivity index (χ2v) is 7.46. The summed E-state index contributed by atoms with van der Waals surface area (Å²) in [5.74, 6) is 0.933. The molecule has 4 heteroatoms. The second-order valence-electron chi connectivity index (χ2n) is 6.52. The highest BCUT2D eigenvalue weighted by atomic mass is 32.1. The number of piperazine rings is 1. The monoisotopic (exact) mass is 293 g/mol. The zero-order valence-electron chi connectivity index (χ0n) is 13.0. The van der Waals surface area contributed by atoms with Crippen molar-refractivity contribution < 1.29 is 0 Å². The van der Waals surface area contributed by atoms with Gasteiger partial charge in [0.05, 0.1) is 6.54 Å². The predicted octanol–water partition coefficient (Wildman–Crippen LogP) is 3.19. The van der Waals surface area contributed by atoms with Crippen LogP contribution in [0.15, 0.2) is 5.38 Å². The van der Waals surface area contributed by atoms with Gasteiger partial charge in [-0.05, 0) is 38.5 Å². The summed E-state index contributed by atoms with van der Waals surface area (Å²) < 4.78 is 0. The van der Waals surface area contributed by atoms with Gasteiger partial charge in [0.1, 0.15) is 5.01 Å². The molecular formula is C16H27N3S. The van der Waals surface area contributed by atoms with E-state index in [9.17, 15) is 0 Å². The lowest BCUT2D eigenvalue weighted by molar-refractivity contribution is 0.0202. The highest BCUT2D eigenvalue weighted by Crippen LogP contribution is 2.38. The number of rotatable bonds is 5. The molecule has 1 N–H and O–H groups in total. The first kappa shape index (κ1) is 14.5. The SMILES string of the molecule is CCC1(CC)CNC(C2CC2)CN1Cc1nc(C)cs1. The van der Waals surface area contributed by atoms with Crippen LogP contribution in [0.5, 0.6) is 0 Å². The number of aryl methyl sites for hydroxylation is 1. The molecule has 2 heterocycles. The Balaban J connectivity index is 1.76. The number of hydrogen-bond acceptors (Lipinski definition) is 4. The smallest absolute Gasteiger partial charge is 0.107 e. The number of thiazole rings is 1. The number of nitrogens with zero attached hydrogens (tertiary/aromatic N) is 2. The summed E-state index contributed by atoms with van der Waals surface area (Å²) in [5, 5.41) is 7.29. The molecule has 112 valence electrons. The van der Waals surface area contributed by atoms with Crippen molar-refractivity contribution in [2.24, 2.45) is 5.92 Å². The van der Waals surface area contributed by atoms with E-state index in [4.69, 9.17) is 0 Å². The first-order valence-corrected chi connectivity index (χ1v) is 8.94. The summed E-state index contributed by atoms with van der Waals surface area (Å²) in [6.07, 6.45) is 5.29. The van der Waals surface area contributed by atoms with E-state index in [1.807, 2.05) is 11.3 Å². The molecule has 1 aliphatic carbocycles. The van der Waals surface area contributed by atoms with Crippen LogP contribution in [0.4, 0.5) is 0 Å². The third-order valence-electron chi connectivity index (χ3n) is 5.28. The van der Waals surface area contributed by atoms with Crippen molar-refractivity contribution in [3.8, 4) is 0 Å². The number of aromatic nitrogens is 1. The van der Waals surface area contributed by atoms with Gasteiger partial charge in [0.2, 0.25) is 0 Å². The Labute approximate surface area is 126 Å². The fourth-order valence-electron chi connectivity index (χ4n) is 3.56. The maximum Gasteiger partial charge on any atom is 0.107 e. The van der Waals surface area contributed by atoms with Crippen molar-refractivity contribution in [3.63, 3.8) is 0 Å². The normalized spacial score (nSPS) is 26.9. The van der Waals surface area contributed by atoms with Crippen LogP contribution >= 0.6 is 11.3 Å². The maximum atomic E-state index is 4.68. The Morgan fingerprint density at radius 1 is 1.40 bits per heavy atom. The van der Waals surface area contributed by atoms with Crippen LogP contribution in [0, 0.1) is 12.8 Å². The third-order valence-corrected chi connectivity index (χ3v) is 6.23. The van der Waals surface area contributed by atoms with Gasteiger partial charge in [0.25, 0.3) is 0 Å². The Morgan fingerprint density at radius 2 is 2.15 bits per heavy atom. The van der Waals surface area contributed by atoms with E-state index in [0.717, 1.165) is 24.7 Å². The van der Waals surface area contributed by atoms with Crippen LogP contribution < -0.4 is 5.32 Å². The van der Waals surface area contributed by atoms with Gasteiger partial charge >= 0.3 is 0 Å². The molecule has 2 fully saturated rings. The van der Waals surface area contributed by atoms with Gasteiger partial charge in [-0.2, -0.15) is 0 Å². The quantitative estimate of drug-likeness (QED) is 0.903. The molecule has 0 bridgehead atoms. The van der Waals surface area contributed by atoms with Gasteiger partial charge in [0.15, 0.2) is 0 Å². The van der Waals surface area contributed by atoms with Crippen molar-refractivity contribution in [1.82, 2.24) is 15.2 Å². The Bertz CT molecular complexity index is 448. The fourth-order valence-corrected chi connectivity index (χ4v) is 4.35. The second kappa shape index (κ2) is 5.74. The molecular weight excluding hydrogens is 266 g/mol. The van der Waals surface area contributed by atoms with Crippen molar-refractivity contribution in [3.05, 3.63) is 16.1 Å². The minimum absolute atomic E-state index is 0.324. The molecule has 1 aromatic rings. The lowest BCUT2D eigenvalue weighted by atomic mass is 9.86. The van der Waals surface area contributed by atoms with Crippen molar-refractivity contribution in [1.29, 1.82) is 0 Å². The molecule has 1 aromatic heterocycles. The summed E-state index contributed by atoms with van der Waals surface area (Å²) in [6.45, 7) is 10.1. The molecule has 1 aliphatic heterocycles. The van der Waals surface area contributed by atoms with E-state index in [1.165, 1.54) is 37.2 Å². The standard InChI is InChI=1S/C16H27N3S/c1-4-16(5-2)11-17-14(13-6-7-13)8-19(16)9-15-18-12(3)10-20-15/h10,13-14,17H,4-9,11H2,1-3H3. The molecule has 3 rings (SSSR count). The third kappa shape index (κ3) is 2.78. The first-order valence-electron chi connectivity index (χ1n) is 8.06. The summed E-state index contributed by atoms with van der Waals surface area (Å²) in [5.41, 5.74) is 1.49. The van der Waals surface area contributed by atoms with Gasteiger partial charge in [-0.25, -0.2) is 4.98 Å². The van der Waals surface area contributed by atoms with Crippen LogP contribution in [-0.2, 0) is 6.54 Å². The van der Waals surface area contributed by atoms with Crippen LogP contribution in [0.2, 0.25) is 0 Å². The van der Waals surface area contributed by atoms with Crippen molar-refractivity contribution >= 4 is 11.3 Å². The van der Waals surface area contributed by atoms with Crippen LogP contribution in [-0.4, -0.2) is 34.6 Å². The largest absolute Gasteiger partial charge is 0.311 e. The highest BCUT2D eigenvalue weighted by Gasteiger charge is 2.43. The highest BCUT2D eigenvalue weighted by molar-refractivity contribution is 7.09. The van der Waals surface area contributed by atoms with Crippen molar-refractivity contribution in [2.45, 2.75) is 64.6 Å². The molecule has 1 saturated heterocycles. The lowest BCUT2D eigenvalue weighted by Gasteiger charge is -2.49. The zero-order valence-corrected chi connectivity index (χ0v) is 13.8. The Morgan fingerprint density at radius 3 is 2.70 bits per heavy atom. The van der Waals surface area contributed by atoms with Gasteiger partial charge in [-0.3, -0.25) is 4.90 Å².